The Kier molecular flexibility index (Phi) is 5.08. The Hall–Kier alpha value is -2.86. The molecule has 2 aromatic rings. The van der Waals surface area contributed by atoms with Gasteiger partial charge >= 0.3 is 0 Å². The lowest BCUT2D eigenvalue weighted by molar-refractivity contribution is -0.121. The first-order valence-electron chi connectivity index (χ1n) is 7.67. The van der Waals surface area contributed by atoms with Crippen LogP contribution in [0.25, 0.3) is 0 Å². The highest BCUT2D eigenvalue weighted by atomic mass is 16.7. The van der Waals surface area contributed by atoms with Crippen molar-refractivity contribution in [3.8, 4) is 11.5 Å². The molecule has 1 aliphatic rings. The quantitative estimate of drug-likeness (QED) is 0.631. The molecule has 0 bridgehead atoms. The first kappa shape index (κ1) is 16.0. The first-order valence-corrected chi connectivity index (χ1v) is 7.67. The molecule has 124 valence electrons. The molecule has 0 radical (unpaired) electrons. The Morgan fingerprint density at radius 2 is 2.00 bits per heavy atom. The number of aliphatic hydroxyl groups excluding tert-OH is 1. The fourth-order valence-corrected chi connectivity index (χ4v) is 2.34. The van der Waals surface area contributed by atoms with Gasteiger partial charge in [0.1, 0.15) is 0 Å². The highest BCUT2D eigenvalue weighted by Crippen LogP contribution is 2.31. The van der Waals surface area contributed by atoms with Gasteiger partial charge < -0.3 is 14.6 Å². The molecule has 0 saturated carbocycles. The van der Waals surface area contributed by atoms with Crippen LogP contribution in [-0.4, -0.2) is 24.0 Å². The molecule has 0 aromatic heterocycles. The number of fused-ring (bicyclic) bond motifs is 1. The van der Waals surface area contributed by atoms with Crippen LogP contribution in [0.5, 0.6) is 11.5 Å². The van der Waals surface area contributed by atoms with E-state index in [9.17, 15) is 9.90 Å². The van der Waals surface area contributed by atoms with Crippen LogP contribution in [0, 0.1) is 0 Å². The molecular weight excluding hydrogens is 308 g/mol. The minimum absolute atomic E-state index is 0.189. The van der Waals surface area contributed by atoms with Crippen LogP contribution in [0.4, 0.5) is 0 Å². The van der Waals surface area contributed by atoms with E-state index in [-0.39, 0.29) is 19.1 Å². The van der Waals surface area contributed by atoms with Crippen molar-refractivity contribution in [1.29, 1.82) is 0 Å². The third-order valence-corrected chi connectivity index (χ3v) is 3.63. The van der Waals surface area contributed by atoms with Crippen LogP contribution in [0.1, 0.15) is 30.1 Å². The summed E-state index contributed by atoms with van der Waals surface area (Å²) >= 11 is 0. The Balaban J connectivity index is 1.45. The lowest BCUT2D eigenvalue weighted by Gasteiger charge is -2.09. The van der Waals surface area contributed by atoms with E-state index in [1.54, 1.807) is 12.1 Å². The number of amides is 1. The van der Waals surface area contributed by atoms with Crippen molar-refractivity contribution in [2.45, 2.75) is 18.9 Å². The number of nitrogens with one attached hydrogen (secondary N) is 1. The molecule has 0 spiro atoms. The molecule has 0 aliphatic carbocycles. The number of carbonyl (C=O) groups is 1. The molecule has 3 rings (SSSR count). The zero-order valence-electron chi connectivity index (χ0n) is 13.0. The van der Waals surface area contributed by atoms with Crippen LogP contribution >= 0.6 is 0 Å². The highest BCUT2D eigenvalue weighted by Gasteiger charge is 2.12. The van der Waals surface area contributed by atoms with Crippen molar-refractivity contribution < 1.29 is 19.4 Å². The summed E-state index contributed by atoms with van der Waals surface area (Å²) in [4.78, 5) is 11.8. The molecule has 2 aromatic carbocycles. The van der Waals surface area contributed by atoms with Crippen LogP contribution < -0.4 is 14.9 Å². The van der Waals surface area contributed by atoms with Gasteiger partial charge in [0.2, 0.25) is 12.7 Å². The maximum Gasteiger partial charge on any atom is 0.240 e. The molecule has 0 fully saturated rings. The number of hydrogen-bond acceptors (Lipinski definition) is 5. The van der Waals surface area contributed by atoms with E-state index in [0.717, 1.165) is 11.1 Å². The Morgan fingerprint density at radius 3 is 2.83 bits per heavy atom. The van der Waals surface area contributed by atoms with E-state index >= 15 is 0 Å². The standard InChI is InChI=1S/C18H18N2O4/c21-15(14-4-2-1-3-5-14)7-9-18(22)20-19-11-13-6-8-16-17(10-13)24-12-23-16/h1-6,8,10-11,15,21H,7,9,12H2,(H,20,22)/b19-11+. The minimum Gasteiger partial charge on any atom is -0.454 e. The number of benzene rings is 2. The number of hydrazone groups is 1. The predicted octanol–water partition coefficient (Wildman–Crippen LogP) is 2.38. The van der Waals surface area contributed by atoms with E-state index in [4.69, 9.17) is 9.47 Å². The zero-order valence-corrected chi connectivity index (χ0v) is 13.0. The van der Waals surface area contributed by atoms with Crippen molar-refractivity contribution in [3.05, 3.63) is 59.7 Å². The third kappa shape index (κ3) is 4.11. The van der Waals surface area contributed by atoms with Crippen LogP contribution in [0.2, 0.25) is 0 Å². The molecule has 6 heteroatoms. The van der Waals surface area contributed by atoms with E-state index in [0.29, 0.717) is 17.9 Å². The molecule has 1 amide bonds. The van der Waals surface area contributed by atoms with E-state index in [2.05, 4.69) is 10.5 Å². The second kappa shape index (κ2) is 7.61. The molecule has 1 aliphatic heterocycles. The van der Waals surface area contributed by atoms with Gasteiger partial charge in [-0.15, -0.1) is 0 Å². The van der Waals surface area contributed by atoms with Crippen LogP contribution in [0.3, 0.4) is 0 Å². The summed E-state index contributed by atoms with van der Waals surface area (Å²) in [5.74, 6) is 1.12. The van der Waals surface area contributed by atoms with Crippen LogP contribution in [0.15, 0.2) is 53.6 Å². The lowest BCUT2D eigenvalue weighted by Crippen LogP contribution is -2.18. The van der Waals surface area contributed by atoms with Crippen molar-refractivity contribution in [1.82, 2.24) is 5.43 Å². The van der Waals surface area contributed by atoms with E-state index in [1.807, 2.05) is 36.4 Å². The highest BCUT2D eigenvalue weighted by molar-refractivity contribution is 5.83. The van der Waals surface area contributed by atoms with Crippen molar-refractivity contribution >= 4 is 12.1 Å². The molecular formula is C18H18N2O4. The fraction of sp³-hybridized carbons (Fsp3) is 0.222. The average molecular weight is 326 g/mol. The molecule has 24 heavy (non-hydrogen) atoms. The number of hydrogen-bond donors (Lipinski definition) is 2. The summed E-state index contributed by atoms with van der Waals surface area (Å²) < 4.78 is 10.5. The van der Waals surface area contributed by atoms with Gasteiger partial charge in [0.15, 0.2) is 11.5 Å². The summed E-state index contributed by atoms with van der Waals surface area (Å²) in [5, 5.41) is 13.9. The van der Waals surface area contributed by atoms with E-state index in [1.165, 1.54) is 6.21 Å². The maximum absolute atomic E-state index is 11.8. The monoisotopic (exact) mass is 326 g/mol. The van der Waals surface area contributed by atoms with Gasteiger partial charge in [-0.05, 0) is 35.7 Å². The summed E-state index contributed by atoms with van der Waals surface area (Å²) in [6, 6.07) is 14.7. The van der Waals surface area contributed by atoms with Gasteiger partial charge in [-0.2, -0.15) is 5.10 Å². The zero-order chi connectivity index (χ0) is 16.8. The molecule has 0 saturated heterocycles. The lowest BCUT2D eigenvalue weighted by atomic mass is 10.1. The molecule has 6 nitrogen and oxygen atoms in total. The number of carbonyl (C=O) groups excluding carboxylic acids is 1. The summed E-state index contributed by atoms with van der Waals surface area (Å²) in [7, 11) is 0. The predicted molar refractivity (Wildman–Crippen MR) is 88.9 cm³/mol. The molecule has 1 unspecified atom stereocenters. The Labute approximate surface area is 139 Å². The maximum atomic E-state index is 11.8. The van der Waals surface area contributed by atoms with Gasteiger partial charge in [-0.25, -0.2) is 5.43 Å². The first-order chi connectivity index (χ1) is 11.7. The summed E-state index contributed by atoms with van der Waals surface area (Å²) in [5.41, 5.74) is 4.05. The minimum atomic E-state index is -0.658. The van der Waals surface area contributed by atoms with Gasteiger partial charge in [0.05, 0.1) is 12.3 Å². The van der Waals surface area contributed by atoms with E-state index < -0.39 is 6.10 Å². The molecule has 1 heterocycles. The van der Waals surface area contributed by atoms with Gasteiger partial charge in [0, 0.05) is 6.42 Å². The molecule has 2 N–H and O–H groups in total. The topological polar surface area (TPSA) is 80.2 Å². The Bertz CT molecular complexity index is 731. The smallest absolute Gasteiger partial charge is 0.240 e. The second-order valence-electron chi connectivity index (χ2n) is 5.37. The van der Waals surface area contributed by atoms with Gasteiger partial charge in [-0.3, -0.25) is 4.79 Å². The number of aliphatic hydroxyl groups is 1. The number of ether oxygens (including phenoxy) is 2. The Morgan fingerprint density at radius 1 is 1.21 bits per heavy atom. The third-order valence-electron chi connectivity index (χ3n) is 3.63. The SMILES string of the molecule is O=C(CCC(O)c1ccccc1)N/N=C/c1ccc2c(c1)OCO2. The van der Waals surface area contributed by atoms with Crippen LogP contribution in [-0.2, 0) is 4.79 Å². The summed E-state index contributed by atoms with van der Waals surface area (Å²) in [6.07, 6.45) is 1.41. The normalized spacial score (nSPS) is 13.9. The molecule has 1 atom stereocenters. The van der Waals surface area contributed by atoms with Gasteiger partial charge in [-0.1, -0.05) is 30.3 Å². The largest absolute Gasteiger partial charge is 0.454 e. The van der Waals surface area contributed by atoms with Gasteiger partial charge in [0.25, 0.3) is 0 Å². The second-order valence-corrected chi connectivity index (χ2v) is 5.37. The number of nitrogens with zero attached hydrogens (tertiary/aromatic N) is 1. The summed E-state index contributed by atoms with van der Waals surface area (Å²) in [6.45, 7) is 0.219. The van der Waals surface area contributed by atoms with Crippen molar-refractivity contribution in [2.75, 3.05) is 6.79 Å². The fourth-order valence-electron chi connectivity index (χ4n) is 2.34. The van der Waals surface area contributed by atoms with Crippen molar-refractivity contribution in [3.63, 3.8) is 0 Å². The average Bonchev–Trinajstić information content (AvgIpc) is 3.08. The van der Waals surface area contributed by atoms with Crippen molar-refractivity contribution in [2.24, 2.45) is 5.10 Å². The number of rotatable bonds is 6.